The molecule has 0 aliphatic heterocycles. The number of hydrogen-bond donors (Lipinski definition) is 1. The molecular formula is C13H18N2OS. The standard InChI is InChI=1S/C13H18N2OS/c1-8-11(14)12-13(17-8)10(15-16-12)7-9-5-3-2-4-6-9/h9H,2-7,14H2,1H3. The van der Waals surface area contributed by atoms with E-state index in [-0.39, 0.29) is 0 Å². The summed E-state index contributed by atoms with van der Waals surface area (Å²) in [4.78, 5) is 1.14. The topological polar surface area (TPSA) is 52.0 Å². The van der Waals surface area contributed by atoms with E-state index < -0.39 is 0 Å². The maximum atomic E-state index is 5.96. The maximum Gasteiger partial charge on any atom is 0.201 e. The highest BCUT2D eigenvalue weighted by Crippen LogP contribution is 2.37. The van der Waals surface area contributed by atoms with Gasteiger partial charge in [-0.25, -0.2) is 0 Å². The first-order valence-corrected chi connectivity index (χ1v) is 7.20. The molecule has 4 heteroatoms. The third-order valence-corrected chi connectivity index (χ3v) is 4.95. The molecule has 2 aromatic heterocycles. The summed E-state index contributed by atoms with van der Waals surface area (Å²) < 4.78 is 6.55. The van der Waals surface area contributed by atoms with Crippen molar-refractivity contribution in [2.24, 2.45) is 5.92 Å². The van der Waals surface area contributed by atoms with E-state index in [9.17, 15) is 0 Å². The number of rotatable bonds is 2. The third kappa shape index (κ3) is 1.95. The normalized spacial score (nSPS) is 17.9. The van der Waals surface area contributed by atoms with Crippen LogP contribution in [0.5, 0.6) is 0 Å². The molecular weight excluding hydrogens is 232 g/mol. The lowest BCUT2D eigenvalue weighted by atomic mass is 9.86. The molecule has 92 valence electrons. The molecule has 3 rings (SSSR count). The van der Waals surface area contributed by atoms with Gasteiger partial charge in [-0.1, -0.05) is 37.3 Å². The number of fused-ring (bicyclic) bond motifs is 1. The molecule has 2 N–H and O–H groups in total. The van der Waals surface area contributed by atoms with E-state index in [2.05, 4.69) is 5.16 Å². The van der Waals surface area contributed by atoms with Crippen LogP contribution in [0, 0.1) is 12.8 Å². The van der Waals surface area contributed by atoms with E-state index in [0.717, 1.165) is 34.2 Å². The van der Waals surface area contributed by atoms with Crippen molar-refractivity contribution in [3.8, 4) is 0 Å². The van der Waals surface area contributed by atoms with Gasteiger partial charge in [-0.2, -0.15) is 0 Å². The molecule has 1 saturated carbocycles. The van der Waals surface area contributed by atoms with Gasteiger partial charge in [-0.05, 0) is 19.3 Å². The first-order chi connectivity index (χ1) is 8.25. The summed E-state index contributed by atoms with van der Waals surface area (Å²) in [7, 11) is 0. The van der Waals surface area contributed by atoms with Gasteiger partial charge in [0.05, 0.1) is 10.4 Å². The largest absolute Gasteiger partial charge is 0.395 e. The van der Waals surface area contributed by atoms with Gasteiger partial charge in [0, 0.05) is 4.88 Å². The highest BCUT2D eigenvalue weighted by molar-refractivity contribution is 7.19. The molecule has 0 saturated heterocycles. The van der Waals surface area contributed by atoms with E-state index in [1.807, 2.05) is 6.92 Å². The fraction of sp³-hybridized carbons (Fsp3) is 0.615. The number of nitrogen functional groups attached to an aromatic ring is 1. The number of thiophene rings is 1. The first kappa shape index (κ1) is 11.1. The van der Waals surface area contributed by atoms with Crippen LogP contribution < -0.4 is 5.73 Å². The van der Waals surface area contributed by atoms with Crippen molar-refractivity contribution in [2.45, 2.75) is 45.4 Å². The smallest absolute Gasteiger partial charge is 0.201 e. The Morgan fingerprint density at radius 3 is 2.88 bits per heavy atom. The Kier molecular flexibility index (Phi) is 2.82. The van der Waals surface area contributed by atoms with Crippen molar-refractivity contribution in [1.29, 1.82) is 0 Å². The van der Waals surface area contributed by atoms with E-state index in [0.29, 0.717) is 0 Å². The monoisotopic (exact) mass is 250 g/mol. The highest BCUT2D eigenvalue weighted by Gasteiger charge is 2.20. The predicted molar refractivity (Wildman–Crippen MR) is 71.3 cm³/mol. The Bertz CT molecular complexity index is 523. The average Bonchev–Trinajstić information content (AvgIpc) is 2.84. The second kappa shape index (κ2) is 4.33. The Morgan fingerprint density at radius 1 is 1.35 bits per heavy atom. The Labute approximate surface area is 105 Å². The van der Waals surface area contributed by atoms with Gasteiger partial charge in [-0.3, -0.25) is 0 Å². The van der Waals surface area contributed by atoms with Crippen LogP contribution in [0.2, 0.25) is 0 Å². The first-order valence-electron chi connectivity index (χ1n) is 6.39. The van der Waals surface area contributed by atoms with Crippen LogP contribution in [0.25, 0.3) is 10.3 Å². The molecule has 2 heterocycles. The summed E-state index contributed by atoms with van der Waals surface area (Å²) in [6.45, 7) is 2.04. The number of hydrogen-bond acceptors (Lipinski definition) is 4. The molecule has 0 spiro atoms. The molecule has 1 fully saturated rings. The minimum Gasteiger partial charge on any atom is -0.395 e. The van der Waals surface area contributed by atoms with Crippen LogP contribution >= 0.6 is 11.3 Å². The third-order valence-electron chi connectivity index (χ3n) is 3.80. The van der Waals surface area contributed by atoms with E-state index in [1.54, 1.807) is 11.3 Å². The second-order valence-corrected chi connectivity index (χ2v) is 6.29. The van der Waals surface area contributed by atoms with E-state index >= 15 is 0 Å². The zero-order valence-corrected chi connectivity index (χ0v) is 11.0. The van der Waals surface area contributed by atoms with Crippen LogP contribution in [0.1, 0.15) is 42.7 Å². The molecule has 0 radical (unpaired) electrons. The van der Waals surface area contributed by atoms with E-state index in [4.69, 9.17) is 10.3 Å². The molecule has 0 aromatic carbocycles. The Hall–Kier alpha value is -1.03. The number of anilines is 1. The van der Waals surface area contributed by atoms with Crippen molar-refractivity contribution >= 4 is 27.3 Å². The molecule has 1 aliphatic carbocycles. The average molecular weight is 250 g/mol. The lowest BCUT2D eigenvalue weighted by Gasteiger charge is -2.20. The van der Waals surface area contributed by atoms with Gasteiger partial charge in [0.2, 0.25) is 5.58 Å². The van der Waals surface area contributed by atoms with Crippen molar-refractivity contribution in [1.82, 2.24) is 5.16 Å². The van der Waals surface area contributed by atoms with Gasteiger partial charge in [0.1, 0.15) is 5.69 Å². The number of nitrogens with zero attached hydrogens (tertiary/aromatic N) is 1. The lowest BCUT2D eigenvalue weighted by Crippen LogP contribution is -2.09. The molecule has 0 unspecified atom stereocenters. The van der Waals surface area contributed by atoms with Crippen molar-refractivity contribution in [2.75, 3.05) is 5.73 Å². The van der Waals surface area contributed by atoms with Gasteiger partial charge in [-0.15, -0.1) is 11.3 Å². The van der Waals surface area contributed by atoms with Gasteiger partial charge >= 0.3 is 0 Å². The second-order valence-electron chi connectivity index (χ2n) is 5.07. The van der Waals surface area contributed by atoms with Gasteiger partial charge < -0.3 is 10.3 Å². The fourth-order valence-electron chi connectivity index (χ4n) is 2.75. The number of aromatic nitrogens is 1. The molecule has 0 amide bonds. The van der Waals surface area contributed by atoms with Gasteiger partial charge in [0.15, 0.2) is 0 Å². The summed E-state index contributed by atoms with van der Waals surface area (Å²) in [5, 5.41) is 4.21. The molecule has 1 aliphatic rings. The highest BCUT2D eigenvalue weighted by atomic mass is 32.1. The zero-order chi connectivity index (χ0) is 11.8. The molecule has 3 nitrogen and oxygen atoms in total. The summed E-state index contributed by atoms with van der Waals surface area (Å²) in [6, 6.07) is 0. The zero-order valence-electron chi connectivity index (χ0n) is 10.2. The quantitative estimate of drug-likeness (QED) is 0.879. The molecule has 2 aromatic rings. The molecule has 0 atom stereocenters. The molecule has 0 bridgehead atoms. The minimum absolute atomic E-state index is 0.771. The van der Waals surface area contributed by atoms with Crippen LogP contribution in [0.4, 0.5) is 5.69 Å². The van der Waals surface area contributed by atoms with Gasteiger partial charge in [0.25, 0.3) is 0 Å². The summed E-state index contributed by atoms with van der Waals surface area (Å²) in [5.74, 6) is 0.792. The van der Waals surface area contributed by atoms with Crippen molar-refractivity contribution in [3.63, 3.8) is 0 Å². The number of aryl methyl sites for hydroxylation is 1. The maximum absolute atomic E-state index is 5.96. The minimum atomic E-state index is 0.771. The van der Waals surface area contributed by atoms with Crippen molar-refractivity contribution in [3.05, 3.63) is 10.6 Å². The summed E-state index contributed by atoms with van der Waals surface area (Å²) in [5.41, 5.74) is 8.66. The number of nitrogens with two attached hydrogens (primary N) is 1. The van der Waals surface area contributed by atoms with Crippen LogP contribution in [0.3, 0.4) is 0 Å². The van der Waals surface area contributed by atoms with Crippen LogP contribution in [-0.2, 0) is 6.42 Å². The van der Waals surface area contributed by atoms with Crippen molar-refractivity contribution < 1.29 is 4.52 Å². The Morgan fingerprint density at radius 2 is 2.12 bits per heavy atom. The summed E-state index contributed by atoms with van der Waals surface area (Å²) in [6.07, 6.45) is 7.89. The van der Waals surface area contributed by atoms with Crippen LogP contribution in [-0.4, -0.2) is 5.16 Å². The van der Waals surface area contributed by atoms with E-state index in [1.165, 1.54) is 36.8 Å². The summed E-state index contributed by atoms with van der Waals surface area (Å²) >= 11 is 1.72. The predicted octanol–water partition coefficient (Wildman–Crippen LogP) is 3.90. The SMILES string of the molecule is Cc1sc2c(CC3CCCCC3)noc2c1N. The molecule has 17 heavy (non-hydrogen) atoms. The fourth-order valence-corrected chi connectivity index (χ4v) is 3.74. The Balaban J connectivity index is 1.87. The van der Waals surface area contributed by atoms with Crippen LogP contribution in [0.15, 0.2) is 4.52 Å². The lowest BCUT2D eigenvalue weighted by molar-refractivity contribution is 0.346.